The fourth-order valence-corrected chi connectivity index (χ4v) is 3.58. The number of nitrogens with zero attached hydrogens (tertiary/aromatic N) is 1. The predicted octanol–water partition coefficient (Wildman–Crippen LogP) is 1.39. The molecule has 5 nitrogen and oxygen atoms in total. The number of halogens is 1. The van der Waals surface area contributed by atoms with E-state index < -0.39 is 6.04 Å². The predicted molar refractivity (Wildman–Crippen MR) is 106 cm³/mol. The molecular formula is C21H25ClN3O2+. The van der Waals surface area contributed by atoms with Gasteiger partial charge in [0.25, 0.3) is 5.91 Å². The monoisotopic (exact) mass is 386 g/mol. The van der Waals surface area contributed by atoms with Crippen LogP contribution < -0.4 is 10.2 Å². The van der Waals surface area contributed by atoms with Crippen LogP contribution in [0.4, 0.5) is 0 Å². The molecule has 0 radical (unpaired) electrons. The van der Waals surface area contributed by atoms with Gasteiger partial charge in [-0.1, -0.05) is 54.1 Å². The first-order valence-electron chi connectivity index (χ1n) is 9.26. The Kier molecular flexibility index (Phi) is 6.48. The minimum absolute atomic E-state index is 0.0471. The zero-order valence-corrected chi connectivity index (χ0v) is 16.2. The standard InChI is InChI=1S/C21H24ClN3O2/c1-16(23-20(26)18-9-5-6-10-19(18)22)21(27)25-13-11-24(12-14-25)15-17-7-3-2-4-8-17/h2-10,16H,11-15H2,1H3,(H,23,26)/p+1/t16-/m0/s1. The van der Waals surface area contributed by atoms with Crippen LogP contribution in [0.3, 0.4) is 0 Å². The van der Waals surface area contributed by atoms with Crippen LogP contribution in [0.1, 0.15) is 22.8 Å². The molecule has 27 heavy (non-hydrogen) atoms. The van der Waals surface area contributed by atoms with Crippen LogP contribution in [0, 0.1) is 0 Å². The van der Waals surface area contributed by atoms with E-state index >= 15 is 0 Å². The Morgan fingerprint density at radius 3 is 2.37 bits per heavy atom. The van der Waals surface area contributed by atoms with Crippen molar-refractivity contribution in [3.63, 3.8) is 0 Å². The number of piperazine rings is 1. The van der Waals surface area contributed by atoms with Crippen molar-refractivity contribution in [1.82, 2.24) is 10.2 Å². The lowest BCUT2D eigenvalue weighted by Crippen LogP contribution is -3.13. The molecular weight excluding hydrogens is 362 g/mol. The van der Waals surface area contributed by atoms with Gasteiger partial charge in [-0.25, -0.2) is 0 Å². The van der Waals surface area contributed by atoms with E-state index in [1.54, 1.807) is 31.2 Å². The summed E-state index contributed by atoms with van der Waals surface area (Å²) in [5.74, 6) is -0.371. The van der Waals surface area contributed by atoms with Gasteiger partial charge < -0.3 is 15.1 Å². The van der Waals surface area contributed by atoms with Crippen LogP contribution in [-0.4, -0.2) is 48.9 Å². The van der Waals surface area contributed by atoms with Crippen LogP contribution >= 0.6 is 11.6 Å². The zero-order chi connectivity index (χ0) is 19.2. The first-order valence-corrected chi connectivity index (χ1v) is 9.64. The number of amides is 2. The first-order chi connectivity index (χ1) is 13.0. The molecule has 1 heterocycles. The maximum atomic E-state index is 12.7. The number of hydrogen-bond donors (Lipinski definition) is 2. The van der Waals surface area contributed by atoms with Crippen molar-refractivity contribution >= 4 is 23.4 Å². The summed E-state index contributed by atoms with van der Waals surface area (Å²) in [4.78, 5) is 28.3. The molecule has 0 aliphatic carbocycles. The molecule has 0 spiro atoms. The van der Waals surface area contributed by atoms with Gasteiger partial charge in [-0.3, -0.25) is 9.59 Å². The van der Waals surface area contributed by atoms with Crippen molar-refractivity contribution in [3.05, 3.63) is 70.7 Å². The number of carbonyl (C=O) groups excluding carboxylic acids is 2. The molecule has 1 fully saturated rings. The second-order valence-corrected chi connectivity index (χ2v) is 7.32. The summed E-state index contributed by atoms with van der Waals surface area (Å²) in [6, 6.07) is 16.7. The smallest absolute Gasteiger partial charge is 0.253 e. The molecule has 0 saturated carbocycles. The van der Waals surface area contributed by atoms with E-state index in [0.29, 0.717) is 23.7 Å². The topological polar surface area (TPSA) is 53.9 Å². The number of hydrogen-bond acceptors (Lipinski definition) is 2. The summed E-state index contributed by atoms with van der Waals surface area (Å²) in [6.07, 6.45) is 0. The molecule has 2 aromatic rings. The van der Waals surface area contributed by atoms with Crippen molar-refractivity contribution in [2.24, 2.45) is 0 Å². The lowest BCUT2D eigenvalue weighted by Gasteiger charge is -2.33. The highest BCUT2D eigenvalue weighted by molar-refractivity contribution is 6.33. The van der Waals surface area contributed by atoms with Gasteiger partial charge in [0.2, 0.25) is 5.91 Å². The third-order valence-electron chi connectivity index (χ3n) is 4.92. The van der Waals surface area contributed by atoms with Crippen LogP contribution in [-0.2, 0) is 11.3 Å². The van der Waals surface area contributed by atoms with E-state index in [2.05, 4.69) is 29.6 Å². The summed E-state index contributed by atoms with van der Waals surface area (Å²) in [7, 11) is 0. The molecule has 0 unspecified atom stereocenters. The Morgan fingerprint density at radius 2 is 1.70 bits per heavy atom. The molecule has 0 aromatic heterocycles. The van der Waals surface area contributed by atoms with Crippen LogP contribution in [0.5, 0.6) is 0 Å². The van der Waals surface area contributed by atoms with Gasteiger partial charge in [0, 0.05) is 5.56 Å². The number of nitrogens with one attached hydrogen (secondary N) is 2. The number of rotatable bonds is 5. The quantitative estimate of drug-likeness (QED) is 0.815. The largest absolute Gasteiger partial charge is 0.340 e. The normalized spacial score (nSPS) is 16.0. The molecule has 2 N–H and O–H groups in total. The van der Waals surface area contributed by atoms with Gasteiger partial charge in [0.15, 0.2) is 0 Å². The van der Waals surface area contributed by atoms with E-state index in [4.69, 9.17) is 11.6 Å². The molecule has 0 bridgehead atoms. The highest BCUT2D eigenvalue weighted by Gasteiger charge is 2.28. The van der Waals surface area contributed by atoms with Gasteiger partial charge in [-0.2, -0.15) is 0 Å². The van der Waals surface area contributed by atoms with Crippen molar-refractivity contribution in [3.8, 4) is 0 Å². The number of carbonyl (C=O) groups is 2. The maximum Gasteiger partial charge on any atom is 0.253 e. The van der Waals surface area contributed by atoms with Crippen molar-refractivity contribution in [2.45, 2.75) is 19.5 Å². The Balaban J connectivity index is 1.50. The number of quaternary nitrogens is 1. The third-order valence-corrected chi connectivity index (χ3v) is 5.25. The van der Waals surface area contributed by atoms with E-state index in [0.717, 1.165) is 19.6 Å². The maximum absolute atomic E-state index is 12.7. The van der Waals surface area contributed by atoms with Crippen molar-refractivity contribution in [2.75, 3.05) is 26.2 Å². The molecule has 3 rings (SSSR count). The molecule has 6 heteroatoms. The Bertz CT molecular complexity index is 789. The summed E-state index contributed by atoms with van der Waals surface area (Å²) in [5.41, 5.74) is 1.70. The van der Waals surface area contributed by atoms with E-state index in [-0.39, 0.29) is 11.8 Å². The highest BCUT2D eigenvalue weighted by Crippen LogP contribution is 2.14. The SMILES string of the molecule is C[C@H](NC(=O)c1ccccc1Cl)C(=O)N1CC[NH+](Cc2ccccc2)CC1. The molecule has 1 aliphatic rings. The summed E-state index contributed by atoms with van der Waals surface area (Å²) >= 11 is 6.05. The van der Waals surface area contributed by atoms with Gasteiger partial charge >= 0.3 is 0 Å². The molecule has 1 aliphatic heterocycles. The van der Waals surface area contributed by atoms with Crippen LogP contribution in [0.2, 0.25) is 5.02 Å². The van der Waals surface area contributed by atoms with Gasteiger partial charge in [0.1, 0.15) is 12.6 Å². The first kappa shape index (κ1) is 19.4. The second-order valence-electron chi connectivity index (χ2n) is 6.91. The van der Waals surface area contributed by atoms with Crippen LogP contribution in [0.15, 0.2) is 54.6 Å². The van der Waals surface area contributed by atoms with E-state index in [9.17, 15) is 9.59 Å². The van der Waals surface area contributed by atoms with E-state index in [1.165, 1.54) is 10.5 Å². The summed E-state index contributed by atoms with van der Waals surface area (Å²) in [5, 5.41) is 3.15. The van der Waals surface area contributed by atoms with Gasteiger partial charge in [-0.15, -0.1) is 0 Å². The third kappa shape index (κ3) is 5.08. The summed E-state index contributed by atoms with van der Waals surface area (Å²) < 4.78 is 0. The minimum Gasteiger partial charge on any atom is -0.340 e. The summed E-state index contributed by atoms with van der Waals surface area (Å²) in [6.45, 7) is 5.92. The van der Waals surface area contributed by atoms with Crippen LogP contribution in [0.25, 0.3) is 0 Å². The van der Waals surface area contributed by atoms with Crippen molar-refractivity contribution in [1.29, 1.82) is 0 Å². The lowest BCUT2D eigenvalue weighted by molar-refractivity contribution is -0.917. The molecule has 142 valence electrons. The zero-order valence-electron chi connectivity index (χ0n) is 15.5. The molecule has 1 atom stereocenters. The minimum atomic E-state index is -0.579. The molecule has 2 amide bonds. The van der Waals surface area contributed by atoms with Crippen molar-refractivity contribution < 1.29 is 14.5 Å². The van der Waals surface area contributed by atoms with E-state index in [1.807, 2.05) is 11.0 Å². The fraction of sp³-hybridized carbons (Fsp3) is 0.333. The van der Waals surface area contributed by atoms with Gasteiger partial charge in [-0.05, 0) is 19.1 Å². The number of benzene rings is 2. The van der Waals surface area contributed by atoms with Gasteiger partial charge in [0.05, 0.1) is 36.8 Å². The average Bonchev–Trinajstić information content (AvgIpc) is 2.69. The molecule has 1 saturated heterocycles. The highest BCUT2D eigenvalue weighted by atomic mass is 35.5. The Hall–Kier alpha value is -2.37. The Morgan fingerprint density at radius 1 is 1.07 bits per heavy atom. The molecule has 2 aromatic carbocycles. The lowest BCUT2D eigenvalue weighted by atomic mass is 10.1. The second kappa shape index (κ2) is 9.02. The Labute approximate surface area is 164 Å². The average molecular weight is 387 g/mol. The fourth-order valence-electron chi connectivity index (χ4n) is 3.36.